The molecule has 18 heavy (non-hydrogen) atoms. The molecule has 1 atom stereocenters. The molecule has 4 nitrogen and oxygen atoms in total. The van der Waals surface area contributed by atoms with Crippen molar-refractivity contribution in [1.82, 2.24) is 10.0 Å². The van der Waals surface area contributed by atoms with Crippen LogP contribution in [0.3, 0.4) is 0 Å². The molecule has 0 aliphatic heterocycles. The van der Waals surface area contributed by atoms with Crippen molar-refractivity contribution < 1.29 is 8.42 Å². The predicted molar refractivity (Wildman–Crippen MR) is 74.0 cm³/mol. The Morgan fingerprint density at radius 2 is 1.78 bits per heavy atom. The molecule has 0 saturated carbocycles. The fraction of sp³-hybridized carbons (Fsp3) is 0.538. The van der Waals surface area contributed by atoms with E-state index in [9.17, 15) is 8.42 Å². The van der Waals surface area contributed by atoms with E-state index in [0.29, 0.717) is 11.4 Å². The minimum atomic E-state index is -3.34. The number of hydrogen-bond acceptors (Lipinski definition) is 3. The Kier molecular flexibility index (Phi) is 5.78. The minimum Gasteiger partial charge on any atom is -0.310 e. The van der Waals surface area contributed by atoms with Crippen molar-refractivity contribution in [1.29, 1.82) is 0 Å². The van der Waals surface area contributed by atoms with E-state index in [1.165, 1.54) is 0 Å². The maximum absolute atomic E-state index is 11.8. The van der Waals surface area contributed by atoms with Gasteiger partial charge in [-0.05, 0) is 37.6 Å². The van der Waals surface area contributed by atoms with Crippen molar-refractivity contribution in [3.05, 3.63) is 29.8 Å². The molecule has 0 saturated heterocycles. The van der Waals surface area contributed by atoms with E-state index >= 15 is 0 Å². The maximum atomic E-state index is 11.8. The molecule has 0 bridgehead atoms. The summed E-state index contributed by atoms with van der Waals surface area (Å²) in [7, 11) is -3.34. The first-order valence-corrected chi connectivity index (χ1v) is 7.82. The van der Waals surface area contributed by atoms with Crippen molar-refractivity contribution in [3.63, 3.8) is 0 Å². The zero-order valence-electron chi connectivity index (χ0n) is 11.2. The molecule has 0 spiro atoms. The van der Waals surface area contributed by atoms with E-state index in [4.69, 9.17) is 0 Å². The summed E-state index contributed by atoms with van der Waals surface area (Å²) in [5.41, 5.74) is 1.10. The van der Waals surface area contributed by atoms with Gasteiger partial charge in [0.2, 0.25) is 10.0 Å². The lowest BCUT2D eigenvalue weighted by Crippen LogP contribution is -2.23. The second-order valence-corrected chi connectivity index (χ2v) is 6.01. The molecular weight excluding hydrogens is 248 g/mol. The monoisotopic (exact) mass is 270 g/mol. The molecule has 102 valence electrons. The van der Waals surface area contributed by atoms with Crippen molar-refractivity contribution in [2.75, 3.05) is 13.1 Å². The molecule has 0 aliphatic rings. The van der Waals surface area contributed by atoms with Crippen LogP contribution in [0.4, 0.5) is 0 Å². The first-order valence-electron chi connectivity index (χ1n) is 6.34. The summed E-state index contributed by atoms with van der Waals surface area (Å²) >= 11 is 0. The van der Waals surface area contributed by atoms with E-state index in [2.05, 4.69) is 23.9 Å². The van der Waals surface area contributed by atoms with Crippen LogP contribution >= 0.6 is 0 Å². The third-order valence-corrected chi connectivity index (χ3v) is 4.29. The topological polar surface area (TPSA) is 58.2 Å². The second-order valence-electron chi connectivity index (χ2n) is 4.25. The summed E-state index contributed by atoms with van der Waals surface area (Å²) in [5, 5.41) is 3.37. The van der Waals surface area contributed by atoms with Gasteiger partial charge in [-0.15, -0.1) is 0 Å². The average Bonchev–Trinajstić information content (AvgIpc) is 2.36. The van der Waals surface area contributed by atoms with Gasteiger partial charge in [-0.25, -0.2) is 13.1 Å². The van der Waals surface area contributed by atoms with E-state index in [-0.39, 0.29) is 6.04 Å². The SMILES string of the molecule is CCCNC(C)c1ccc(S(=O)(=O)NCC)cc1. The van der Waals surface area contributed by atoms with Crippen LogP contribution in [0.25, 0.3) is 0 Å². The van der Waals surface area contributed by atoms with Crippen LogP contribution in [0.5, 0.6) is 0 Å². The molecule has 0 amide bonds. The van der Waals surface area contributed by atoms with Crippen molar-refractivity contribution in [2.45, 2.75) is 38.1 Å². The summed E-state index contributed by atoms with van der Waals surface area (Å²) in [6, 6.07) is 7.25. The Balaban J connectivity index is 2.80. The van der Waals surface area contributed by atoms with Gasteiger partial charge < -0.3 is 5.32 Å². The van der Waals surface area contributed by atoms with E-state index in [1.807, 2.05) is 12.1 Å². The highest BCUT2D eigenvalue weighted by atomic mass is 32.2. The summed E-state index contributed by atoms with van der Waals surface area (Å²) in [6.07, 6.45) is 1.08. The summed E-state index contributed by atoms with van der Waals surface area (Å²) < 4.78 is 26.0. The molecular formula is C13H22N2O2S. The van der Waals surface area contributed by atoms with Crippen LogP contribution in [0.1, 0.15) is 38.8 Å². The zero-order valence-corrected chi connectivity index (χ0v) is 12.0. The number of rotatable bonds is 7. The lowest BCUT2D eigenvalue weighted by atomic mass is 10.1. The number of sulfonamides is 1. The third kappa shape index (κ3) is 4.08. The molecule has 0 heterocycles. The van der Waals surface area contributed by atoms with Gasteiger partial charge in [0.25, 0.3) is 0 Å². The largest absolute Gasteiger partial charge is 0.310 e. The van der Waals surface area contributed by atoms with Gasteiger partial charge in [-0.3, -0.25) is 0 Å². The molecule has 2 N–H and O–H groups in total. The summed E-state index contributed by atoms with van der Waals surface area (Å²) in [5.74, 6) is 0. The molecule has 0 aliphatic carbocycles. The number of benzene rings is 1. The number of nitrogens with one attached hydrogen (secondary N) is 2. The van der Waals surface area contributed by atoms with Crippen LogP contribution in [-0.2, 0) is 10.0 Å². The van der Waals surface area contributed by atoms with Gasteiger partial charge in [-0.2, -0.15) is 0 Å². The standard InChI is InChI=1S/C13H22N2O2S/c1-4-10-14-11(3)12-6-8-13(9-7-12)18(16,17)15-5-2/h6-9,11,14-15H,4-5,10H2,1-3H3. The highest BCUT2D eigenvalue weighted by Gasteiger charge is 2.12. The molecule has 1 unspecified atom stereocenters. The molecule has 1 aromatic rings. The average molecular weight is 270 g/mol. The van der Waals surface area contributed by atoms with Crippen LogP contribution in [-0.4, -0.2) is 21.5 Å². The van der Waals surface area contributed by atoms with Crippen LogP contribution in [0.2, 0.25) is 0 Å². The van der Waals surface area contributed by atoms with Crippen LogP contribution in [0, 0.1) is 0 Å². The first kappa shape index (κ1) is 15.1. The maximum Gasteiger partial charge on any atom is 0.240 e. The quantitative estimate of drug-likeness (QED) is 0.797. The van der Waals surface area contributed by atoms with Crippen molar-refractivity contribution in [2.24, 2.45) is 0 Å². The Labute approximate surface area is 110 Å². The molecule has 0 fully saturated rings. The van der Waals surface area contributed by atoms with E-state index in [0.717, 1.165) is 18.5 Å². The van der Waals surface area contributed by atoms with Crippen LogP contribution < -0.4 is 10.0 Å². The van der Waals surface area contributed by atoms with Gasteiger partial charge in [0, 0.05) is 12.6 Å². The zero-order chi connectivity index (χ0) is 13.6. The van der Waals surface area contributed by atoms with Gasteiger partial charge in [0.15, 0.2) is 0 Å². The number of hydrogen-bond donors (Lipinski definition) is 2. The highest BCUT2D eigenvalue weighted by Crippen LogP contribution is 2.16. The predicted octanol–water partition coefficient (Wildman–Crippen LogP) is 2.05. The van der Waals surface area contributed by atoms with Gasteiger partial charge in [0.1, 0.15) is 0 Å². The van der Waals surface area contributed by atoms with Crippen LogP contribution in [0.15, 0.2) is 29.2 Å². The van der Waals surface area contributed by atoms with Gasteiger partial charge in [-0.1, -0.05) is 26.0 Å². The normalized spacial score (nSPS) is 13.5. The fourth-order valence-electron chi connectivity index (χ4n) is 1.69. The summed E-state index contributed by atoms with van der Waals surface area (Å²) in [4.78, 5) is 0.316. The second kappa shape index (κ2) is 6.87. The molecule has 1 rings (SSSR count). The minimum absolute atomic E-state index is 0.237. The smallest absolute Gasteiger partial charge is 0.240 e. The van der Waals surface area contributed by atoms with E-state index < -0.39 is 10.0 Å². The lowest BCUT2D eigenvalue weighted by molar-refractivity contribution is 0.569. The Hall–Kier alpha value is -0.910. The molecule has 1 aromatic carbocycles. The summed E-state index contributed by atoms with van der Waals surface area (Å²) in [6.45, 7) is 7.31. The molecule has 0 radical (unpaired) electrons. The third-order valence-electron chi connectivity index (χ3n) is 2.73. The highest BCUT2D eigenvalue weighted by molar-refractivity contribution is 7.89. The molecule has 5 heteroatoms. The Morgan fingerprint density at radius 1 is 1.17 bits per heavy atom. The van der Waals surface area contributed by atoms with E-state index in [1.54, 1.807) is 19.1 Å². The van der Waals surface area contributed by atoms with Gasteiger partial charge in [0.05, 0.1) is 4.90 Å². The fourth-order valence-corrected chi connectivity index (χ4v) is 2.73. The first-order chi connectivity index (χ1) is 8.51. The molecule has 0 aromatic heterocycles. The van der Waals surface area contributed by atoms with Crippen molar-refractivity contribution >= 4 is 10.0 Å². The Bertz CT molecular complexity index is 454. The van der Waals surface area contributed by atoms with Gasteiger partial charge >= 0.3 is 0 Å². The van der Waals surface area contributed by atoms with Crippen molar-refractivity contribution in [3.8, 4) is 0 Å². The Morgan fingerprint density at radius 3 is 2.28 bits per heavy atom. The lowest BCUT2D eigenvalue weighted by Gasteiger charge is -2.14.